The lowest BCUT2D eigenvalue weighted by molar-refractivity contribution is 0.0597. The second-order valence-electron chi connectivity index (χ2n) is 3.42. The summed E-state index contributed by atoms with van der Waals surface area (Å²) in [5, 5.41) is 0. The van der Waals surface area contributed by atoms with E-state index in [4.69, 9.17) is 9.47 Å². The lowest BCUT2D eigenvalue weighted by atomic mass is 10.1. The topological polar surface area (TPSA) is 35.5 Å². The predicted octanol–water partition coefficient (Wildman–Crippen LogP) is 2.91. The highest BCUT2D eigenvalue weighted by Crippen LogP contribution is 2.20. The molecular weight excluding hydrogens is 216 g/mol. The monoisotopic (exact) mass is 232 g/mol. The number of carbonyl (C=O) groups is 1. The van der Waals surface area contributed by atoms with Crippen LogP contribution in [0.25, 0.3) is 0 Å². The van der Waals surface area contributed by atoms with Crippen LogP contribution < -0.4 is 4.74 Å². The van der Waals surface area contributed by atoms with Crippen LogP contribution in [0.4, 0.5) is 0 Å². The van der Waals surface area contributed by atoms with E-state index < -0.39 is 5.97 Å². The minimum absolute atomic E-state index is 0.406. The number of rotatable bonds is 2. The van der Waals surface area contributed by atoms with Gasteiger partial charge in [0.2, 0.25) is 0 Å². The fraction of sp³-hybridized carbons (Fsp3) is 0.214. The van der Waals surface area contributed by atoms with Gasteiger partial charge in [0.15, 0.2) is 0 Å². The quantitative estimate of drug-likeness (QED) is 0.735. The Morgan fingerprint density at radius 1 is 1.00 bits per heavy atom. The zero-order chi connectivity index (χ0) is 12.7. The standard InChI is InChI=1S/C14H16O3/c1-11-9-7-5-4-6-8-10-12(13(11)16-2)14(15)17-3/h4-10H,1-3H3. The van der Waals surface area contributed by atoms with Crippen molar-refractivity contribution >= 4 is 5.97 Å². The van der Waals surface area contributed by atoms with Crippen molar-refractivity contribution < 1.29 is 14.3 Å². The lowest BCUT2D eigenvalue weighted by Crippen LogP contribution is -2.03. The van der Waals surface area contributed by atoms with E-state index in [1.807, 2.05) is 37.3 Å². The van der Waals surface area contributed by atoms with Gasteiger partial charge in [-0.05, 0) is 18.6 Å². The summed E-state index contributed by atoms with van der Waals surface area (Å²) in [4.78, 5) is 11.7. The first-order valence-corrected chi connectivity index (χ1v) is 5.26. The Balaban J connectivity index is 3.55. The number of methoxy groups -OCH3 is 2. The molecule has 0 fully saturated rings. The molecule has 0 amide bonds. The zero-order valence-corrected chi connectivity index (χ0v) is 10.3. The third-order valence-corrected chi connectivity index (χ3v) is 2.27. The van der Waals surface area contributed by atoms with E-state index in [0.29, 0.717) is 11.3 Å². The van der Waals surface area contributed by atoms with Crippen LogP contribution in [0, 0.1) is 6.92 Å². The van der Waals surface area contributed by atoms with Crippen molar-refractivity contribution in [2.75, 3.05) is 14.2 Å². The highest BCUT2D eigenvalue weighted by atomic mass is 16.5. The van der Waals surface area contributed by atoms with Crippen LogP contribution in [0.1, 0.15) is 15.9 Å². The fourth-order valence-corrected chi connectivity index (χ4v) is 1.45. The van der Waals surface area contributed by atoms with Gasteiger partial charge in [-0.2, -0.15) is 0 Å². The molecule has 0 aliphatic rings. The van der Waals surface area contributed by atoms with Crippen molar-refractivity contribution in [2.24, 2.45) is 0 Å². The van der Waals surface area contributed by atoms with E-state index in [2.05, 4.69) is 0 Å². The Hall–Kier alpha value is -2.03. The molecule has 0 atom stereocenters. The molecule has 1 aromatic rings. The molecule has 3 heteroatoms. The van der Waals surface area contributed by atoms with Gasteiger partial charge in [-0.3, -0.25) is 0 Å². The molecule has 0 unspecified atom stereocenters. The molecule has 3 nitrogen and oxygen atoms in total. The Kier molecular flexibility index (Phi) is 5.01. The molecule has 90 valence electrons. The molecule has 1 aromatic carbocycles. The molecule has 17 heavy (non-hydrogen) atoms. The van der Waals surface area contributed by atoms with Gasteiger partial charge in [-0.15, -0.1) is 0 Å². The molecule has 0 aliphatic heterocycles. The number of ether oxygens (including phenoxy) is 2. The van der Waals surface area contributed by atoms with Crippen molar-refractivity contribution in [3.63, 3.8) is 0 Å². The number of aryl methyl sites for hydroxylation is 1. The van der Waals surface area contributed by atoms with Gasteiger partial charge in [0.05, 0.1) is 14.2 Å². The van der Waals surface area contributed by atoms with E-state index in [-0.39, 0.29) is 0 Å². The largest absolute Gasteiger partial charge is 0.496 e. The van der Waals surface area contributed by atoms with Crippen molar-refractivity contribution in [1.29, 1.82) is 0 Å². The summed E-state index contributed by atoms with van der Waals surface area (Å²) >= 11 is 0. The highest BCUT2D eigenvalue weighted by molar-refractivity contribution is 5.92. The molecule has 0 bridgehead atoms. The maximum atomic E-state index is 11.7. The van der Waals surface area contributed by atoms with Gasteiger partial charge in [0.25, 0.3) is 0 Å². The van der Waals surface area contributed by atoms with E-state index in [1.54, 1.807) is 12.1 Å². The van der Waals surface area contributed by atoms with Crippen molar-refractivity contribution in [1.82, 2.24) is 0 Å². The summed E-state index contributed by atoms with van der Waals surface area (Å²) in [6.45, 7) is 1.88. The minimum atomic E-state index is -0.413. The third kappa shape index (κ3) is 3.48. The maximum absolute atomic E-state index is 11.7. The first kappa shape index (κ1) is 13.0. The van der Waals surface area contributed by atoms with Crippen molar-refractivity contribution in [3.05, 3.63) is 53.6 Å². The van der Waals surface area contributed by atoms with Crippen LogP contribution in [-0.4, -0.2) is 20.2 Å². The predicted molar refractivity (Wildman–Crippen MR) is 66.7 cm³/mol. The molecule has 0 saturated heterocycles. The van der Waals surface area contributed by atoms with Gasteiger partial charge in [0, 0.05) is 0 Å². The molecule has 1 rings (SSSR count). The fourth-order valence-electron chi connectivity index (χ4n) is 1.45. The first-order chi connectivity index (χ1) is 8.20. The summed E-state index contributed by atoms with van der Waals surface area (Å²) in [7, 11) is 2.89. The first-order valence-electron chi connectivity index (χ1n) is 5.26. The smallest absolute Gasteiger partial charge is 0.341 e. The molecule has 0 saturated carbocycles. The van der Waals surface area contributed by atoms with Gasteiger partial charge in [-0.1, -0.05) is 36.4 Å². The lowest BCUT2D eigenvalue weighted by Gasteiger charge is -2.06. The minimum Gasteiger partial charge on any atom is -0.496 e. The molecular formula is C14H16O3. The number of carbonyl (C=O) groups excluding carboxylic acids is 1. The van der Waals surface area contributed by atoms with Crippen LogP contribution >= 0.6 is 0 Å². The molecule has 0 heterocycles. The van der Waals surface area contributed by atoms with Gasteiger partial charge < -0.3 is 9.47 Å². The molecule has 0 aromatic heterocycles. The summed E-state index contributed by atoms with van der Waals surface area (Å²) < 4.78 is 10.0. The molecule has 0 aliphatic carbocycles. The van der Waals surface area contributed by atoms with Crippen LogP contribution in [0.3, 0.4) is 0 Å². The summed E-state index contributed by atoms with van der Waals surface area (Å²) in [5.41, 5.74) is 1.27. The Bertz CT molecular complexity index is 451. The zero-order valence-electron chi connectivity index (χ0n) is 10.3. The molecule has 0 N–H and O–H groups in total. The molecule has 0 radical (unpaired) electrons. The van der Waals surface area contributed by atoms with Crippen LogP contribution in [0.15, 0.2) is 42.5 Å². The highest BCUT2D eigenvalue weighted by Gasteiger charge is 2.11. The number of esters is 1. The number of hydrogen-bond acceptors (Lipinski definition) is 3. The SMILES string of the molecule is COC(=O)c1cccccccc(C)c1OC. The third-order valence-electron chi connectivity index (χ3n) is 2.27. The van der Waals surface area contributed by atoms with E-state index in [0.717, 1.165) is 5.56 Å². The summed E-state index contributed by atoms with van der Waals surface area (Å²) in [6.07, 6.45) is 0. The van der Waals surface area contributed by atoms with E-state index in [9.17, 15) is 4.79 Å². The van der Waals surface area contributed by atoms with Crippen LogP contribution in [0.5, 0.6) is 5.75 Å². The average molecular weight is 232 g/mol. The Morgan fingerprint density at radius 3 is 2.18 bits per heavy atom. The van der Waals surface area contributed by atoms with Gasteiger partial charge in [0.1, 0.15) is 11.3 Å². The summed E-state index contributed by atoms with van der Waals surface area (Å²) in [6, 6.07) is 12.8. The van der Waals surface area contributed by atoms with Gasteiger partial charge >= 0.3 is 5.97 Å². The second kappa shape index (κ2) is 6.53. The normalized spacial score (nSPS) is 9.12. The summed E-state index contributed by atoms with van der Waals surface area (Å²) in [5.74, 6) is 0.108. The van der Waals surface area contributed by atoms with Crippen molar-refractivity contribution in [3.8, 4) is 5.75 Å². The van der Waals surface area contributed by atoms with E-state index in [1.165, 1.54) is 14.2 Å². The van der Waals surface area contributed by atoms with Gasteiger partial charge in [-0.25, -0.2) is 4.79 Å². The second-order valence-corrected chi connectivity index (χ2v) is 3.42. The number of hydrogen-bond donors (Lipinski definition) is 0. The molecule has 0 spiro atoms. The Labute approximate surface area is 101 Å². The maximum Gasteiger partial charge on any atom is 0.341 e. The Morgan fingerprint density at radius 2 is 1.59 bits per heavy atom. The van der Waals surface area contributed by atoms with Crippen molar-refractivity contribution in [2.45, 2.75) is 6.92 Å². The van der Waals surface area contributed by atoms with Crippen LogP contribution in [-0.2, 0) is 4.74 Å². The van der Waals surface area contributed by atoms with Crippen LogP contribution in [0.2, 0.25) is 0 Å². The average Bonchev–Trinajstić information content (AvgIpc) is 2.35. The van der Waals surface area contributed by atoms with E-state index >= 15 is 0 Å².